The van der Waals surface area contributed by atoms with Crippen LogP contribution in [0.2, 0.25) is 0 Å². The largest absolute Gasteiger partial charge is 0.469 e. The van der Waals surface area contributed by atoms with Gasteiger partial charge < -0.3 is 4.42 Å². The number of aromatic nitrogens is 3. The first-order valence-electron chi connectivity index (χ1n) is 4.83. The third-order valence-electron chi connectivity index (χ3n) is 2.17. The Morgan fingerprint density at radius 1 is 1.36 bits per heavy atom. The van der Waals surface area contributed by atoms with Gasteiger partial charge in [0.2, 0.25) is 0 Å². The summed E-state index contributed by atoms with van der Waals surface area (Å²) in [5.41, 5.74) is 0.989. The molecule has 0 unspecified atom stereocenters. The Bertz CT molecular complexity index is 416. The molecule has 0 amide bonds. The van der Waals surface area contributed by atoms with Crippen molar-refractivity contribution in [1.82, 2.24) is 15.2 Å². The Morgan fingerprint density at radius 3 is 2.86 bits per heavy atom. The molecule has 4 heteroatoms. The molecule has 0 aromatic carbocycles. The summed E-state index contributed by atoms with van der Waals surface area (Å²) in [5.74, 6) is 2.57. The molecule has 0 spiro atoms. The highest BCUT2D eigenvalue weighted by Gasteiger charge is 2.11. The second kappa shape index (κ2) is 3.65. The van der Waals surface area contributed by atoms with Crippen LogP contribution >= 0.6 is 0 Å². The van der Waals surface area contributed by atoms with E-state index in [-0.39, 0.29) is 0 Å². The minimum Gasteiger partial charge on any atom is -0.469 e. The summed E-state index contributed by atoms with van der Waals surface area (Å²) < 4.78 is 5.32. The molecule has 0 aliphatic carbocycles. The average Bonchev–Trinajstić information content (AvgIpc) is 2.85. The molecule has 2 aromatic heterocycles. The fourth-order valence-corrected chi connectivity index (χ4v) is 1.39. The van der Waals surface area contributed by atoms with Crippen LogP contribution in [0.25, 0.3) is 11.4 Å². The van der Waals surface area contributed by atoms with Crippen LogP contribution in [-0.4, -0.2) is 15.2 Å². The van der Waals surface area contributed by atoms with E-state index in [0.717, 1.165) is 35.8 Å². The van der Waals surface area contributed by atoms with E-state index in [1.165, 1.54) is 0 Å². The van der Waals surface area contributed by atoms with Crippen LogP contribution < -0.4 is 0 Å². The van der Waals surface area contributed by atoms with Crippen LogP contribution in [0.4, 0.5) is 0 Å². The smallest absolute Gasteiger partial charge is 0.184 e. The van der Waals surface area contributed by atoms with Gasteiger partial charge in [-0.2, -0.15) is 5.10 Å². The lowest BCUT2D eigenvalue weighted by atomic mass is 10.2. The Morgan fingerprint density at radius 2 is 2.21 bits per heavy atom. The first kappa shape index (κ1) is 8.99. The number of rotatable bonds is 3. The zero-order valence-electron chi connectivity index (χ0n) is 8.37. The van der Waals surface area contributed by atoms with Crippen molar-refractivity contribution in [3.8, 4) is 11.4 Å². The number of H-pyrrole nitrogens is 1. The summed E-state index contributed by atoms with van der Waals surface area (Å²) in [6.07, 6.45) is 3.40. The van der Waals surface area contributed by atoms with Gasteiger partial charge in [-0.25, -0.2) is 4.98 Å². The van der Waals surface area contributed by atoms with Gasteiger partial charge in [-0.1, -0.05) is 13.8 Å². The van der Waals surface area contributed by atoms with Crippen molar-refractivity contribution in [2.45, 2.75) is 26.7 Å². The summed E-state index contributed by atoms with van der Waals surface area (Å²) in [4.78, 5) is 4.35. The predicted molar refractivity (Wildman–Crippen MR) is 52.8 cm³/mol. The van der Waals surface area contributed by atoms with Crippen LogP contribution in [0.1, 0.15) is 25.4 Å². The summed E-state index contributed by atoms with van der Waals surface area (Å²) in [6.45, 7) is 4.09. The molecule has 2 aromatic rings. The summed E-state index contributed by atoms with van der Waals surface area (Å²) in [6, 6.07) is 1.90. The third-order valence-corrected chi connectivity index (χ3v) is 2.17. The van der Waals surface area contributed by atoms with Crippen molar-refractivity contribution in [1.29, 1.82) is 0 Å². The topological polar surface area (TPSA) is 54.7 Å². The predicted octanol–water partition coefficient (Wildman–Crippen LogP) is 2.19. The van der Waals surface area contributed by atoms with E-state index in [1.807, 2.05) is 13.0 Å². The molecule has 0 aliphatic rings. The van der Waals surface area contributed by atoms with Crippen molar-refractivity contribution >= 4 is 0 Å². The van der Waals surface area contributed by atoms with Crippen LogP contribution in [0.3, 0.4) is 0 Å². The van der Waals surface area contributed by atoms with Gasteiger partial charge in [0.15, 0.2) is 5.82 Å². The SMILES string of the molecule is CCc1nc(-c2ccoc2CC)n[nH]1. The number of aryl methyl sites for hydroxylation is 2. The number of furan rings is 1. The molecule has 0 radical (unpaired) electrons. The molecule has 0 atom stereocenters. The van der Waals surface area contributed by atoms with Gasteiger partial charge in [0.05, 0.1) is 11.8 Å². The van der Waals surface area contributed by atoms with E-state index in [2.05, 4.69) is 22.1 Å². The molecule has 74 valence electrons. The fraction of sp³-hybridized carbons (Fsp3) is 0.400. The molecule has 0 saturated carbocycles. The van der Waals surface area contributed by atoms with Crippen LogP contribution in [0, 0.1) is 0 Å². The molecule has 0 aliphatic heterocycles. The number of aromatic amines is 1. The van der Waals surface area contributed by atoms with Crippen molar-refractivity contribution < 1.29 is 4.42 Å². The lowest BCUT2D eigenvalue weighted by Crippen LogP contribution is -1.84. The molecule has 2 heterocycles. The van der Waals surface area contributed by atoms with Gasteiger partial charge in [-0.05, 0) is 6.07 Å². The normalized spacial score (nSPS) is 10.7. The van der Waals surface area contributed by atoms with Crippen molar-refractivity contribution in [2.75, 3.05) is 0 Å². The maximum absolute atomic E-state index is 5.32. The Labute approximate surface area is 82.4 Å². The summed E-state index contributed by atoms with van der Waals surface area (Å²) >= 11 is 0. The number of nitrogens with one attached hydrogen (secondary N) is 1. The first-order valence-corrected chi connectivity index (χ1v) is 4.83. The van der Waals surface area contributed by atoms with Crippen LogP contribution in [0.5, 0.6) is 0 Å². The Hall–Kier alpha value is -1.58. The lowest BCUT2D eigenvalue weighted by molar-refractivity contribution is 0.517. The van der Waals surface area contributed by atoms with Gasteiger partial charge in [-0.15, -0.1) is 0 Å². The third kappa shape index (κ3) is 1.43. The number of hydrogen-bond acceptors (Lipinski definition) is 3. The van der Waals surface area contributed by atoms with E-state index in [4.69, 9.17) is 4.42 Å². The highest BCUT2D eigenvalue weighted by Crippen LogP contribution is 2.21. The maximum Gasteiger partial charge on any atom is 0.184 e. The Kier molecular flexibility index (Phi) is 2.35. The molecule has 1 N–H and O–H groups in total. The van der Waals surface area contributed by atoms with Gasteiger partial charge in [0.25, 0.3) is 0 Å². The van der Waals surface area contributed by atoms with Gasteiger partial charge >= 0.3 is 0 Å². The van der Waals surface area contributed by atoms with E-state index in [9.17, 15) is 0 Å². The number of nitrogens with zero attached hydrogens (tertiary/aromatic N) is 2. The van der Waals surface area contributed by atoms with Crippen molar-refractivity contribution in [3.63, 3.8) is 0 Å². The summed E-state index contributed by atoms with van der Waals surface area (Å²) in [7, 11) is 0. The first-order chi connectivity index (χ1) is 6.85. The van der Waals surface area contributed by atoms with E-state index < -0.39 is 0 Å². The zero-order valence-corrected chi connectivity index (χ0v) is 8.37. The molecule has 0 saturated heterocycles. The Balaban J connectivity index is 2.38. The van der Waals surface area contributed by atoms with Crippen molar-refractivity contribution in [2.24, 2.45) is 0 Å². The zero-order chi connectivity index (χ0) is 9.97. The van der Waals surface area contributed by atoms with Gasteiger partial charge in [0.1, 0.15) is 11.6 Å². The maximum atomic E-state index is 5.32. The molecular formula is C10H13N3O. The van der Waals surface area contributed by atoms with Gasteiger partial charge in [-0.3, -0.25) is 5.10 Å². The van der Waals surface area contributed by atoms with Gasteiger partial charge in [0, 0.05) is 12.8 Å². The van der Waals surface area contributed by atoms with Crippen LogP contribution in [0.15, 0.2) is 16.7 Å². The highest BCUT2D eigenvalue weighted by atomic mass is 16.3. The molecule has 2 rings (SSSR count). The second-order valence-corrected chi connectivity index (χ2v) is 3.07. The van der Waals surface area contributed by atoms with Crippen molar-refractivity contribution in [3.05, 3.63) is 23.9 Å². The minimum atomic E-state index is 0.729. The average molecular weight is 191 g/mol. The molecule has 4 nitrogen and oxygen atoms in total. The molecule has 0 fully saturated rings. The monoisotopic (exact) mass is 191 g/mol. The minimum absolute atomic E-state index is 0.729. The highest BCUT2D eigenvalue weighted by molar-refractivity contribution is 5.56. The lowest BCUT2D eigenvalue weighted by Gasteiger charge is -1.92. The van der Waals surface area contributed by atoms with E-state index in [0.29, 0.717) is 0 Å². The quantitative estimate of drug-likeness (QED) is 0.809. The number of hydrogen-bond donors (Lipinski definition) is 1. The van der Waals surface area contributed by atoms with Crippen LogP contribution in [-0.2, 0) is 12.8 Å². The summed E-state index contributed by atoms with van der Waals surface area (Å²) in [5, 5.41) is 7.03. The standard InChI is InChI=1S/C10H13N3O/c1-3-8-7(5-6-14-8)10-11-9(4-2)12-13-10/h5-6H,3-4H2,1-2H3,(H,11,12,13). The molecule has 14 heavy (non-hydrogen) atoms. The fourth-order valence-electron chi connectivity index (χ4n) is 1.39. The molecular weight excluding hydrogens is 178 g/mol. The van der Waals surface area contributed by atoms with E-state index in [1.54, 1.807) is 6.26 Å². The molecule has 0 bridgehead atoms. The second-order valence-electron chi connectivity index (χ2n) is 3.07. The van der Waals surface area contributed by atoms with E-state index >= 15 is 0 Å².